The molecular weight excluding hydrogens is 366 g/mol. The molecule has 0 atom stereocenters. The Labute approximate surface area is 161 Å². The first-order chi connectivity index (χ1) is 13.2. The molecule has 2 rings (SSSR count). The molecule has 0 aliphatic rings. The lowest BCUT2D eigenvalue weighted by molar-refractivity contribution is -0.117. The first-order valence-electron chi connectivity index (χ1n) is 8.36. The van der Waals surface area contributed by atoms with E-state index in [1.165, 1.54) is 6.07 Å². The van der Waals surface area contributed by atoms with Crippen LogP contribution in [-0.2, 0) is 17.9 Å². The second-order valence-corrected chi connectivity index (χ2v) is 6.16. The molecule has 0 bridgehead atoms. The molecule has 7 nitrogen and oxygen atoms in total. The first kappa shape index (κ1) is 21.0. The van der Waals surface area contributed by atoms with Crippen LogP contribution in [-0.4, -0.2) is 22.6 Å². The number of aliphatic imine (C=N–C) groups is 1. The maximum absolute atomic E-state index is 13.7. The number of aromatic nitrogens is 1. The number of pyridine rings is 1. The Kier molecular flexibility index (Phi) is 6.78. The van der Waals surface area contributed by atoms with Gasteiger partial charge in [0.25, 0.3) is 5.91 Å². The average molecular weight is 388 g/mol. The number of hydrazine groups is 1. The quantitative estimate of drug-likeness (QED) is 0.291. The lowest BCUT2D eigenvalue weighted by Gasteiger charge is -2.16. The van der Waals surface area contributed by atoms with Crippen molar-refractivity contribution in [2.75, 3.05) is 5.73 Å². The van der Waals surface area contributed by atoms with E-state index in [4.69, 9.17) is 11.6 Å². The summed E-state index contributed by atoms with van der Waals surface area (Å²) in [6.07, 6.45) is 1.16. The van der Waals surface area contributed by atoms with Crippen LogP contribution < -0.4 is 16.9 Å². The summed E-state index contributed by atoms with van der Waals surface area (Å²) in [5.41, 5.74) is 7.78. The summed E-state index contributed by atoms with van der Waals surface area (Å²) >= 11 is 0. The summed E-state index contributed by atoms with van der Waals surface area (Å²) in [5, 5.41) is 3.66. The summed E-state index contributed by atoms with van der Waals surface area (Å²) in [7, 11) is 0. The molecule has 9 heteroatoms. The van der Waals surface area contributed by atoms with Crippen molar-refractivity contribution < 1.29 is 13.6 Å². The van der Waals surface area contributed by atoms with Gasteiger partial charge in [0.2, 0.25) is 0 Å². The van der Waals surface area contributed by atoms with Crippen molar-refractivity contribution in [3.8, 4) is 0 Å². The molecule has 0 fully saturated rings. The number of aryl methyl sites for hydroxylation is 2. The standard InChI is InChI=1S/C19H22F2N6O/c1-11-7-18(22)26-12(2)13(11)8-25-19(28)17(24-3)10-27(23)9-14-15(20)5-4-6-16(14)21/h4-7,10H,3,8-9,23H2,1-2H3,(H2,22,26)(H,25,28)/b17-10-. The minimum Gasteiger partial charge on any atom is -0.384 e. The van der Waals surface area contributed by atoms with Crippen molar-refractivity contribution in [1.29, 1.82) is 0 Å². The summed E-state index contributed by atoms with van der Waals surface area (Å²) in [6.45, 7) is 6.90. The second-order valence-electron chi connectivity index (χ2n) is 6.16. The van der Waals surface area contributed by atoms with Crippen LogP contribution in [0.4, 0.5) is 14.6 Å². The molecule has 1 amide bonds. The van der Waals surface area contributed by atoms with Gasteiger partial charge >= 0.3 is 0 Å². The monoisotopic (exact) mass is 388 g/mol. The van der Waals surface area contributed by atoms with Gasteiger partial charge in [-0.05, 0) is 49.9 Å². The van der Waals surface area contributed by atoms with E-state index in [9.17, 15) is 13.6 Å². The lowest BCUT2D eigenvalue weighted by atomic mass is 10.1. The highest BCUT2D eigenvalue weighted by Gasteiger charge is 2.14. The molecule has 0 aliphatic heterocycles. The van der Waals surface area contributed by atoms with Gasteiger partial charge in [-0.3, -0.25) is 9.79 Å². The van der Waals surface area contributed by atoms with Gasteiger partial charge in [-0.1, -0.05) is 6.07 Å². The predicted molar refractivity (Wildman–Crippen MR) is 104 cm³/mol. The highest BCUT2D eigenvalue weighted by atomic mass is 19.1. The van der Waals surface area contributed by atoms with Gasteiger partial charge in [-0.15, -0.1) is 0 Å². The highest BCUT2D eigenvalue weighted by Crippen LogP contribution is 2.16. The zero-order valence-corrected chi connectivity index (χ0v) is 15.7. The van der Waals surface area contributed by atoms with E-state index in [2.05, 4.69) is 22.0 Å². The van der Waals surface area contributed by atoms with E-state index in [1.807, 2.05) is 6.92 Å². The van der Waals surface area contributed by atoms with Gasteiger partial charge in [0.05, 0.1) is 6.54 Å². The topological polar surface area (TPSA) is 110 Å². The van der Waals surface area contributed by atoms with Crippen LogP contribution in [0.15, 0.2) is 41.2 Å². The Morgan fingerprint density at radius 2 is 1.96 bits per heavy atom. The van der Waals surface area contributed by atoms with Gasteiger partial charge in [-0.2, -0.15) is 0 Å². The number of amides is 1. The zero-order valence-electron chi connectivity index (χ0n) is 15.7. The number of benzene rings is 1. The molecule has 148 valence electrons. The molecule has 28 heavy (non-hydrogen) atoms. The van der Waals surface area contributed by atoms with E-state index in [0.29, 0.717) is 11.5 Å². The molecule has 0 unspecified atom stereocenters. The number of halogens is 2. The van der Waals surface area contributed by atoms with Gasteiger partial charge in [-0.25, -0.2) is 19.6 Å². The molecule has 0 radical (unpaired) electrons. The fourth-order valence-corrected chi connectivity index (χ4v) is 2.65. The van der Waals surface area contributed by atoms with Crippen molar-refractivity contribution in [3.05, 3.63) is 70.2 Å². The Balaban J connectivity index is 2.09. The zero-order chi connectivity index (χ0) is 20.8. The summed E-state index contributed by atoms with van der Waals surface area (Å²) in [6, 6.07) is 5.22. The smallest absolute Gasteiger partial charge is 0.271 e. The van der Waals surface area contributed by atoms with Crippen molar-refractivity contribution in [2.45, 2.75) is 26.9 Å². The fourth-order valence-electron chi connectivity index (χ4n) is 2.65. The van der Waals surface area contributed by atoms with Crippen molar-refractivity contribution in [2.24, 2.45) is 10.8 Å². The Morgan fingerprint density at radius 1 is 1.32 bits per heavy atom. The first-order valence-corrected chi connectivity index (χ1v) is 8.36. The van der Waals surface area contributed by atoms with Gasteiger partial charge in [0, 0.05) is 24.0 Å². The molecule has 0 spiro atoms. The second kappa shape index (κ2) is 9.05. The number of nitrogens with one attached hydrogen (secondary N) is 1. The highest BCUT2D eigenvalue weighted by molar-refractivity contribution is 5.93. The van der Waals surface area contributed by atoms with Crippen molar-refractivity contribution >= 4 is 18.4 Å². The van der Waals surface area contributed by atoms with Crippen LogP contribution in [0.3, 0.4) is 0 Å². The molecule has 2 aromatic rings. The fraction of sp³-hybridized carbons (Fsp3) is 0.211. The van der Waals surface area contributed by atoms with Gasteiger partial charge < -0.3 is 16.1 Å². The van der Waals surface area contributed by atoms with Gasteiger partial charge in [0.1, 0.15) is 23.1 Å². The number of rotatable bonds is 7. The Hall–Kier alpha value is -3.33. The predicted octanol–water partition coefficient (Wildman–Crippen LogP) is 2.09. The van der Waals surface area contributed by atoms with E-state index in [1.54, 1.807) is 13.0 Å². The third-order valence-electron chi connectivity index (χ3n) is 4.09. The van der Waals surface area contributed by atoms with E-state index >= 15 is 0 Å². The number of carbonyl (C=O) groups is 1. The van der Waals surface area contributed by atoms with Crippen molar-refractivity contribution in [3.63, 3.8) is 0 Å². The molecule has 1 heterocycles. The van der Waals surface area contributed by atoms with Crippen LogP contribution in [0.1, 0.15) is 22.4 Å². The van der Waals surface area contributed by atoms with E-state index < -0.39 is 17.5 Å². The number of nitrogen functional groups attached to an aromatic ring is 1. The largest absolute Gasteiger partial charge is 0.384 e. The molecule has 1 aromatic carbocycles. The number of carbonyl (C=O) groups excluding carboxylic acids is 1. The SMILES string of the molecule is C=N/C(=C\N(N)Cc1c(F)cccc1F)C(=O)NCc1c(C)cc(N)nc1C. The summed E-state index contributed by atoms with van der Waals surface area (Å²) in [4.78, 5) is 20.2. The molecule has 0 saturated carbocycles. The Morgan fingerprint density at radius 3 is 2.54 bits per heavy atom. The van der Waals surface area contributed by atoms with Crippen LogP contribution in [0, 0.1) is 25.5 Å². The maximum atomic E-state index is 13.7. The average Bonchev–Trinajstić information content (AvgIpc) is 2.61. The number of nitrogens with zero attached hydrogens (tertiary/aromatic N) is 3. The van der Waals surface area contributed by atoms with Crippen LogP contribution in [0.25, 0.3) is 0 Å². The number of hydrogen-bond donors (Lipinski definition) is 3. The van der Waals surface area contributed by atoms with Crippen molar-refractivity contribution in [1.82, 2.24) is 15.3 Å². The molecular formula is C19H22F2N6O. The number of anilines is 1. The Bertz CT molecular complexity index is 885. The van der Waals surface area contributed by atoms with Gasteiger partial charge in [0.15, 0.2) is 0 Å². The molecule has 0 aliphatic carbocycles. The maximum Gasteiger partial charge on any atom is 0.271 e. The molecule has 0 saturated heterocycles. The van der Waals surface area contributed by atoms with Crippen LogP contribution in [0.5, 0.6) is 0 Å². The van der Waals surface area contributed by atoms with E-state index in [-0.39, 0.29) is 24.4 Å². The third-order valence-corrected chi connectivity index (χ3v) is 4.09. The normalized spacial score (nSPS) is 11.2. The molecule has 1 aromatic heterocycles. The number of hydrogen-bond acceptors (Lipinski definition) is 6. The number of nitrogens with two attached hydrogens (primary N) is 2. The van der Waals surface area contributed by atoms with E-state index in [0.717, 1.165) is 34.5 Å². The van der Waals surface area contributed by atoms with Crippen LogP contribution >= 0.6 is 0 Å². The third kappa shape index (κ3) is 5.10. The minimum atomic E-state index is -0.733. The lowest BCUT2D eigenvalue weighted by Crippen LogP contribution is -2.30. The summed E-state index contributed by atoms with van der Waals surface area (Å²) in [5.74, 6) is 4.15. The van der Waals surface area contributed by atoms with Crippen LogP contribution in [0.2, 0.25) is 0 Å². The summed E-state index contributed by atoms with van der Waals surface area (Å²) < 4.78 is 27.5. The molecule has 5 N–H and O–H groups in total. The minimum absolute atomic E-state index is 0.0991.